The van der Waals surface area contributed by atoms with Gasteiger partial charge in [-0.15, -0.1) is 0 Å². The van der Waals surface area contributed by atoms with E-state index in [-0.39, 0.29) is 38.8 Å². The Morgan fingerprint density at radius 2 is 1.38 bits per heavy atom. The minimum absolute atomic E-state index is 0.0176. The molecule has 0 saturated carbocycles. The fraction of sp³-hybridized carbons (Fsp3) is 0. The molecule has 1 aliphatic rings. The minimum Gasteiger partial charge on any atom is -0.507 e. The van der Waals surface area contributed by atoms with Crippen LogP contribution in [0.25, 0.3) is 10.8 Å². The van der Waals surface area contributed by atoms with Crippen LogP contribution in [0.1, 0.15) is 31.8 Å². The normalized spacial score (nSPS) is 13.4. The number of phenols is 1. The van der Waals surface area contributed by atoms with Crippen molar-refractivity contribution >= 4 is 59.6 Å². The van der Waals surface area contributed by atoms with Gasteiger partial charge in [-0.2, -0.15) is 16.8 Å². The number of aromatic hydroxyl groups is 1. The Bertz CT molecular complexity index is 1910. The Morgan fingerprint density at radius 3 is 1.97 bits per heavy atom. The summed E-state index contributed by atoms with van der Waals surface area (Å²) < 4.78 is 66.4. The topological polar surface area (TPSA) is 201 Å². The lowest BCUT2D eigenvalue weighted by molar-refractivity contribution is 0.0980. The highest BCUT2D eigenvalue weighted by molar-refractivity contribution is 7.86. The van der Waals surface area contributed by atoms with Crippen LogP contribution in [0.5, 0.6) is 5.75 Å². The molecule has 37 heavy (non-hydrogen) atoms. The van der Waals surface area contributed by atoms with Gasteiger partial charge in [0.2, 0.25) is 0 Å². The number of fused-ring (bicyclic) bond motifs is 3. The Labute approximate surface area is 209 Å². The van der Waals surface area contributed by atoms with Gasteiger partial charge in [0.1, 0.15) is 10.6 Å². The van der Waals surface area contributed by atoms with E-state index in [0.717, 1.165) is 18.2 Å². The second kappa shape index (κ2) is 8.11. The maximum atomic E-state index is 13.4. The van der Waals surface area contributed by atoms with Crippen molar-refractivity contribution in [2.24, 2.45) is 0 Å². The van der Waals surface area contributed by atoms with Gasteiger partial charge >= 0.3 is 0 Å². The van der Waals surface area contributed by atoms with Crippen molar-refractivity contribution in [3.05, 3.63) is 82.9 Å². The summed E-state index contributed by atoms with van der Waals surface area (Å²) in [7, 11) is -9.56. The van der Waals surface area contributed by atoms with E-state index in [0.29, 0.717) is 0 Å². The predicted molar refractivity (Wildman–Crippen MR) is 133 cm³/mol. The van der Waals surface area contributed by atoms with Crippen LogP contribution >= 0.6 is 0 Å². The Kier molecular flexibility index (Phi) is 5.35. The Hall–Kier alpha value is -4.30. The van der Waals surface area contributed by atoms with E-state index in [2.05, 4.69) is 5.32 Å². The average Bonchev–Trinajstić information content (AvgIpc) is 2.81. The molecular weight excluding hydrogens is 524 g/mol. The first-order valence-electron chi connectivity index (χ1n) is 10.4. The average molecular weight is 541 g/mol. The van der Waals surface area contributed by atoms with Gasteiger partial charge in [0.25, 0.3) is 20.2 Å². The number of benzene rings is 4. The third-order valence-electron chi connectivity index (χ3n) is 5.96. The number of nitrogens with one attached hydrogen (secondary N) is 1. The lowest BCUT2D eigenvalue weighted by Crippen LogP contribution is -2.25. The molecule has 0 amide bonds. The molecule has 1 aliphatic carbocycles. The molecule has 0 atom stereocenters. The summed E-state index contributed by atoms with van der Waals surface area (Å²) in [4.78, 5) is 25.3. The lowest BCUT2D eigenvalue weighted by atomic mass is 9.82. The number of nitrogen functional groups attached to an aromatic ring is 1. The van der Waals surface area contributed by atoms with Gasteiger partial charge in [0, 0.05) is 28.3 Å². The number of carbonyl (C=O) groups is 2. The largest absolute Gasteiger partial charge is 0.507 e. The van der Waals surface area contributed by atoms with E-state index >= 15 is 0 Å². The predicted octanol–water partition coefficient (Wildman–Crippen LogP) is 3.14. The van der Waals surface area contributed by atoms with Crippen LogP contribution in [-0.2, 0) is 20.2 Å². The van der Waals surface area contributed by atoms with Crippen molar-refractivity contribution in [1.29, 1.82) is 0 Å². The fourth-order valence-corrected chi connectivity index (χ4v) is 5.49. The summed E-state index contributed by atoms with van der Waals surface area (Å²) in [6, 6.07) is 13.0. The molecule has 0 unspecified atom stereocenters. The minimum atomic E-state index is -4.92. The summed E-state index contributed by atoms with van der Waals surface area (Å²) in [6.07, 6.45) is 0. The Balaban J connectivity index is 1.74. The van der Waals surface area contributed by atoms with Gasteiger partial charge in [-0.3, -0.25) is 18.7 Å². The van der Waals surface area contributed by atoms with Crippen LogP contribution in [0.15, 0.2) is 70.5 Å². The number of hydrogen-bond acceptors (Lipinski definition) is 9. The van der Waals surface area contributed by atoms with Gasteiger partial charge in [-0.05, 0) is 35.7 Å². The smallest absolute Gasteiger partial charge is 0.296 e. The number of carbonyl (C=O) groups excluding carboxylic acids is 2. The molecular formula is C24H16N2O9S2. The molecule has 6 N–H and O–H groups in total. The van der Waals surface area contributed by atoms with Crippen molar-refractivity contribution in [3.8, 4) is 5.75 Å². The Morgan fingerprint density at radius 1 is 0.757 bits per heavy atom. The molecule has 4 aromatic rings. The van der Waals surface area contributed by atoms with Gasteiger partial charge in [0.15, 0.2) is 11.6 Å². The third-order valence-corrected chi connectivity index (χ3v) is 7.68. The lowest BCUT2D eigenvalue weighted by Gasteiger charge is -2.23. The molecule has 5 rings (SSSR count). The van der Waals surface area contributed by atoms with E-state index in [4.69, 9.17) is 5.73 Å². The van der Waals surface area contributed by atoms with Gasteiger partial charge in [-0.1, -0.05) is 24.3 Å². The molecule has 0 spiro atoms. The molecule has 13 heteroatoms. The first-order chi connectivity index (χ1) is 17.3. The van der Waals surface area contributed by atoms with E-state index < -0.39 is 58.6 Å². The molecule has 0 aliphatic heterocycles. The monoisotopic (exact) mass is 540 g/mol. The van der Waals surface area contributed by atoms with Crippen molar-refractivity contribution in [3.63, 3.8) is 0 Å². The van der Waals surface area contributed by atoms with Crippen molar-refractivity contribution in [2.75, 3.05) is 11.1 Å². The van der Waals surface area contributed by atoms with Gasteiger partial charge in [0.05, 0.1) is 27.4 Å². The molecule has 0 fully saturated rings. The summed E-state index contributed by atoms with van der Waals surface area (Å²) in [5.74, 6) is -1.75. The number of ketones is 2. The standard InChI is InChI=1S/C24H16N2O9S2/c25-22-19(37(33,34)35)10-17(20-21(22)24(29)16-4-2-1-3-15(16)23(20)28)26-12-5-6-14-11(7-12)8-13(9-18(14)27)36(30,31)32/h1-10,26-27H,25H2,(H,30,31,32)(H,33,34,35). The van der Waals surface area contributed by atoms with Gasteiger partial charge in [-0.25, -0.2) is 0 Å². The molecule has 188 valence electrons. The quantitative estimate of drug-likeness (QED) is 0.166. The highest BCUT2D eigenvalue weighted by Crippen LogP contribution is 2.40. The van der Waals surface area contributed by atoms with E-state index in [1.807, 2.05) is 0 Å². The number of anilines is 3. The fourth-order valence-electron chi connectivity index (χ4n) is 4.31. The summed E-state index contributed by atoms with van der Waals surface area (Å²) in [5, 5.41) is 13.4. The number of rotatable bonds is 4. The summed E-state index contributed by atoms with van der Waals surface area (Å²) >= 11 is 0. The zero-order valence-electron chi connectivity index (χ0n) is 18.5. The molecule has 11 nitrogen and oxygen atoms in total. The zero-order valence-corrected chi connectivity index (χ0v) is 20.1. The maximum Gasteiger partial charge on any atom is 0.296 e. The molecule has 0 heterocycles. The van der Waals surface area contributed by atoms with Crippen molar-refractivity contribution in [2.45, 2.75) is 9.79 Å². The SMILES string of the molecule is Nc1c(S(=O)(=O)O)cc(Nc2ccc3c(O)cc(S(=O)(=O)O)cc3c2)c2c1C(=O)c1ccccc1C2=O. The third kappa shape index (κ3) is 3.99. The van der Waals surface area contributed by atoms with E-state index in [1.54, 1.807) is 6.07 Å². The van der Waals surface area contributed by atoms with Crippen molar-refractivity contribution < 1.29 is 40.6 Å². The van der Waals surface area contributed by atoms with Crippen LogP contribution in [0.2, 0.25) is 0 Å². The second-order valence-corrected chi connectivity index (χ2v) is 11.1. The van der Waals surface area contributed by atoms with Crippen molar-refractivity contribution in [1.82, 2.24) is 0 Å². The summed E-state index contributed by atoms with van der Waals surface area (Å²) in [6.45, 7) is 0. The first kappa shape index (κ1) is 24.4. The number of hydrogen-bond donors (Lipinski definition) is 5. The molecule has 0 radical (unpaired) electrons. The number of nitrogens with two attached hydrogens (primary N) is 1. The molecule has 4 aromatic carbocycles. The van der Waals surface area contributed by atoms with Crippen LogP contribution in [0.3, 0.4) is 0 Å². The first-order valence-corrected chi connectivity index (χ1v) is 13.3. The van der Waals surface area contributed by atoms with Gasteiger partial charge < -0.3 is 16.2 Å². The highest BCUT2D eigenvalue weighted by Gasteiger charge is 2.36. The van der Waals surface area contributed by atoms with E-state index in [1.165, 1.54) is 36.4 Å². The van der Waals surface area contributed by atoms with Crippen LogP contribution in [-0.4, -0.2) is 42.6 Å². The maximum absolute atomic E-state index is 13.4. The van der Waals surface area contributed by atoms with E-state index in [9.17, 15) is 40.6 Å². The van der Waals surface area contributed by atoms with Crippen LogP contribution in [0.4, 0.5) is 17.1 Å². The van der Waals surface area contributed by atoms with Crippen LogP contribution in [0, 0.1) is 0 Å². The molecule has 0 bridgehead atoms. The summed E-state index contributed by atoms with van der Waals surface area (Å²) in [5.41, 5.74) is 4.87. The number of phenolic OH excluding ortho intramolecular Hbond substituents is 1. The second-order valence-electron chi connectivity index (χ2n) is 8.24. The molecule has 0 aromatic heterocycles. The van der Waals surface area contributed by atoms with Crippen LogP contribution < -0.4 is 11.1 Å². The highest BCUT2D eigenvalue weighted by atomic mass is 32.2. The molecule has 0 saturated heterocycles. The zero-order chi connectivity index (χ0) is 26.9.